The van der Waals surface area contributed by atoms with Crippen LogP contribution in [0.4, 0.5) is 0 Å². The van der Waals surface area contributed by atoms with Crippen molar-refractivity contribution in [3.63, 3.8) is 0 Å². The molecule has 1 atom stereocenters. The van der Waals surface area contributed by atoms with Crippen molar-refractivity contribution in [2.45, 2.75) is 53.4 Å². The van der Waals surface area contributed by atoms with Gasteiger partial charge in [0.15, 0.2) is 0 Å². The Morgan fingerprint density at radius 3 is 2.52 bits per heavy atom. The van der Waals surface area contributed by atoms with Crippen LogP contribution in [0.1, 0.15) is 68.2 Å². The molecule has 0 aliphatic carbocycles. The van der Waals surface area contributed by atoms with Crippen LogP contribution in [0, 0.1) is 18.8 Å². The van der Waals surface area contributed by atoms with E-state index in [2.05, 4.69) is 29.4 Å². The molecule has 0 fully saturated rings. The Kier molecular flexibility index (Phi) is 6.89. The second-order valence-corrected chi connectivity index (χ2v) is 6.48. The number of nitrogens with one attached hydrogen (secondary N) is 2. The van der Waals surface area contributed by atoms with E-state index in [0.29, 0.717) is 23.9 Å². The average Bonchev–Trinajstić information content (AvgIpc) is 2.77. The molecule has 5 nitrogen and oxygen atoms in total. The first kappa shape index (κ1) is 17.7. The number of aryl methyl sites for hydroxylation is 1. The first-order chi connectivity index (χ1) is 9.86. The molecule has 3 N–H and O–H groups in total. The van der Waals surface area contributed by atoms with Gasteiger partial charge in [0, 0.05) is 18.8 Å². The summed E-state index contributed by atoms with van der Waals surface area (Å²) in [4.78, 5) is 12.4. The molecule has 0 aromatic carbocycles. The highest BCUT2D eigenvalue weighted by atomic mass is 16.3. The molecular formula is C16H29N3O2. The van der Waals surface area contributed by atoms with Crippen LogP contribution in [0.3, 0.4) is 0 Å². The third-order valence-electron chi connectivity index (χ3n) is 3.64. The molecule has 1 heterocycles. The summed E-state index contributed by atoms with van der Waals surface area (Å²) in [6.07, 6.45) is 1.72. The maximum absolute atomic E-state index is 12.4. The fourth-order valence-electron chi connectivity index (χ4n) is 2.63. The van der Waals surface area contributed by atoms with E-state index in [1.54, 1.807) is 0 Å². The standard InChI is InChI=1S/C16H29N3O2/c1-10(2)8-13(6-7-20)9-17-16(21)14-12(5)18-19-15(14)11(3)4/h10-11,13,20H,6-9H2,1-5H3,(H,17,21)(H,18,19). The Balaban J connectivity index is 2.70. The largest absolute Gasteiger partial charge is 0.396 e. The minimum absolute atomic E-state index is 0.0726. The first-order valence-corrected chi connectivity index (χ1v) is 7.80. The van der Waals surface area contributed by atoms with Gasteiger partial charge in [-0.15, -0.1) is 0 Å². The SMILES string of the molecule is Cc1[nH]nc(C(C)C)c1C(=O)NCC(CCO)CC(C)C. The van der Waals surface area contributed by atoms with Gasteiger partial charge in [-0.3, -0.25) is 9.89 Å². The highest BCUT2D eigenvalue weighted by molar-refractivity contribution is 5.96. The van der Waals surface area contributed by atoms with E-state index < -0.39 is 0 Å². The van der Waals surface area contributed by atoms with Crippen molar-refractivity contribution >= 4 is 5.91 Å². The van der Waals surface area contributed by atoms with Crippen LogP contribution in [-0.2, 0) is 0 Å². The minimum atomic E-state index is -0.0726. The van der Waals surface area contributed by atoms with Crippen molar-refractivity contribution in [1.82, 2.24) is 15.5 Å². The molecule has 0 radical (unpaired) electrons. The molecule has 120 valence electrons. The van der Waals surface area contributed by atoms with Gasteiger partial charge in [-0.05, 0) is 37.5 Å². The van der Waals surface area contributed by atoms with Crippen LogP contribution in [0.5, 0.6) is 0 Å². The van der Waals surface area contributed by atoms with Crippen LogP contribution in [-0.4, -0.2) is 34.4 Å². The summed E-state index contributed by atoms with van der Waals surface area (Å²) in [7, 11) is 0. The highest BCUT2D eigenvalue weighted by Crippen LogP contribution is 2.20. The first-order valence-electron chi connectivity index (χ1n) is 7.80. The van der Waals surface area contributed by atoms with Gasteiger partial charge in [-0.25, -0.2) is 0 Å². The summed E-state index contributed by atoms with van der Waals surface area (Å²) >= 11 is 0. The van der Waals surface area contributed by atoms with Gasteiger partial charge in [0.05, 0.1) is 11.3 Å². The number of aromatic amines is 1. The maximum atomic E-state index is 12.4. The molecule has 0 saturated carbocycles. The molecule has 0 bridgehead atoms. The molecule has 5 heteroatoms. The van der Waals surface area contributed by atoms with Crippen LogP contribution in [0.15, 0.2) is 0 Å². The average molecular weight is 295 g/mol. The fourth-order valence-corrected chi connectivity index (χ4v) is 2.63. The topological polar surface area (TPSA) is 78.0 Å². The molecule has 1 rings (SSSR count). The molecular weight excluding hydrogens is 266 g/mol. The molecule has 0 aliphatic rings. The van der Waals surface area contributed by atoms with Gasteiger partial charge in [0.25, 0.3) is 5.91 Å². The van der Waals surface area contributed by atoms with Crippen molar-refractivity contribution in [2.24, 2.45) is 11.8 Å². The monoisotopic (exact) mass is 295 g/mol. The molecule has 1 unspecified atom stereocenters. The number of hydrogen-bond donors (Lipinski definition) is 3. The Bertz CT molecular complexity index is 452. The number of H-pyrrole nitrogens is 1. The molecule has 0 spiro atoms. The zero-order chi connectivity index (χ0) is 16.0. The smallest absolute Gasteiger partial charge is 0.255 e. The summed E-state index contributed by atoms with van der Waals surface area (Å²) in [6.45, 7) is 11.0. The second kappa shape index (κ2) is 8.17. The number of carbonyl (C=O) groups excluding carboxylic acids is 1. The quantitative estimate of drug-likeness (QED) is 0.690. The van der Waals surface area contributed by atoms with E-state index in [9.17, 15) is 4.79 Å². The van der Waals surface area contributed by atoms with Crippen molar-refractivity contribution in [1.29, 1.82) is 0 Å². The lowest BCUT2D eigenvalue weighted by atomic mass is 9.94. The number of aliphatic hydroxyl groups is 1. The molecule has 0 saturated heterocycles. The summed E-state index contributed by atoms with van der Waals surface area (Å²) in [6, 6.07) is 0. The third-order valence-corrected chi connectivity index (χ3v) is 3.64. The van der Waals surface area contributed by atoms with Gasteiger partial charge < -0.3 is 10.4 Å². The summed E-state index contributed by atoms with van der Waals surface area (Å²) in [5.41, 5.74) is 2.28. The van der Waals surface area contributed by atoms with Gasteiger partial charge in [0.2, 0.25) is 0 Å². The van der Waals surface area contributed by atoms with Gasteiger partial charge >= 0.3 is 0 Å². The Morgan fingerprint density at radius 1 is 1.33 bits per heavy atom. The normalized spacial score (nSPS) is 13.0. The number of amides is 1. The van der Waals surface area contributed by atoms with Crippen LogP contribution in [0.25, 0.3) is 0 Å². The number of carbonyl (C=O) groups is 1. The number of nitrogens with zero attached hydrogens (tertiary/aromatic N) is 1. The van der Waals surface area contributed by atoms with E-state index in [0.717, 1.165) is 24.2 Å². The van der Waals surface area contributed by atoms with Crippen molar-refractivity contribution in [3.8, 4) is 0 Å². The van der Waals surface area contributed by atoms with Crippen LogP contribution >= 0.6 is 0 Å². The molecule has 21 heavy (non-hydrogen) atoms. The lowest BCUT2D eigenvalue weighted by Crippen LogP contribution is -2.31. The summed E-state index contributed by atoms with van der Waals surface area (Å²) < 4.78 is 0. The predicted octanol–water partition coefficient (Wildman–Crippen LogP) is 2.62. The van der Waals surface area contributed by atoms with Gasteiger partial charge in [-0.1, -0.05) is 27.7 Å². The highest BCUT2D eigenvalue weighted by Gasteiger charge is 2.21. The zero-order valence-corrected chi connectivity index (χ0v) is 13.9. The van der Waals surface area contributed by atoms with Gasteiger partial charge in [-0.2, -0.15) is 5.10 Å². The summed E-state index contributed by atoms with van der Waals surface area (Å²) in [5, 5.41) is 19.2. The molecule has 1 amide bonds. The lowest BCUT2D eigenvalue weighted by Gasteiger charge is -2.19. The fraction of sp³-hybridized carbons (Fsp3) is 0.750. The molecule has 1 aromatic heterocycles. The van der Waals surface area contributed by atoms with Crippen molar-refractivity contribution < 1.29 is 9.90 Å². The second-order valence-electron chi connectivity index (χ2n) is 6.48. The van der Waals surface area contributed by atoms with Gasteiger partial charge in [0.1, 0.15) is 0 Å². The van der Waals surface area contributed by atoms with Crippen molar-refractivity contribution in [3.05, 3.63) is 17.0 Å². The van der Waals surface area contributed by atoms with Crippen molar-refractivity contribution in [2.75, 3.05) is 13.2 Å². The summed E-state index contributed by atoms with van der Waals surface area (Å²) in [5.74, 6) is 1.00. The van der Waals surface area contributed by atoms with E-state index in [-0.39, 0.29) is 18.4 Å². The maximum Gasteiger partial charge on any atom is 0.255 e. The molecule has 0 aliphatic heterocycles. The number of rotatable bonds is 8. The molecule has 1 aromatic rings. The predicted molar refractivity (Wildman–Crippen MR) is 84.4 cm³/mol. The number of aromatic nitrogens is 2. The number of aliphatic hydroxyl groups excluding tert-OH is 1. The Hall–Kier alpha value is -1.36. The van der Waals surface area contributed by atoms with E-state index in [1.807, 2.05) is 20.8 Å². The van der Waals surface area contributed by atoms with E-state index in [4.69, 9.17) is 5.11 Å². The zero-order valence-electron chi connectivity index (χ0n) is 13.9. The number of hydrogen-bond acceptors (Lipinski definition) is 3. The lowest BCUT2D eigenvalue weighted by molar-refractivity contribution is 0.0939. The van der Waals surface area contributed by atoms with E-state index in [1.165, 1.54) is 0 Å². The van der Waals surface area contributed by atoms with Crippen LogP contribution < -0.4 is 5.32 Å². The Labute approximate surface area is 127 Å². The Morgan fingerprint density at radius 2 is 2.00 bits per heavy atom. The minimum Gasteiger partial charge on any atom is -0.396 e. The van der Waals surface area contributed by atoms with Crippen LogP contribution in [0.2, 0.25) is 0 Å². The third kappa shape index (κ3) is 5.16. The van der Waals surface area contributed by atoms with E-state index >= 15 is 0 Å².